The molecule has 13 heavy (non-hydrogen) atoms. The lowest BCUT2D eigenvalue weighted by atomic mass is 10.2. The molecule has 0 bridgehead atoms. The molecule has 0 aliphatic carbocycles. The van der Waals surface area contributed by atoms with E-state index in [9.17, 15) is 10.1 Å². The van der Waals surface area contributed by atoms with Crippen LogP contribution in [0.5, 0.6) is 5.88 Å². The highest BCUT2D eigenvalue weighted by Gasteiger charge is 2.10. The highest BCUT2D eigenvalue weighted by Crippen LogP contribution is 2.19. The minimum atomic E-state index is -0.562. The van der Waals surface area contributed by atoms with Gasteiger partial charge in [0.2, 0.25) is 5.88 Å². The molecule has 0 spiro atoms. The fourth-order valence-corrected chi connectivity index (χ4v) is 0.807. The van der Waals surface area contributed by atoms with E-state index >= 15 is 0 Å². The average Bonchev–Trinajstić information content (AvgIpc) is 2.16. The molecule has 5 nitrogen and oxygen atoms in total. The summed E-state index contributed by atoms with van der Waals surface area (Å²) in [7, 11) is 1.40. The van der Waals surface area contributed by atoms with Gasteiger partial charge in [-0.05, 0) is 0 Å². The van der Waals surface area contributed by atoms with Gasteiger partial charge in [0.25, 0.3) is 5.69 Å². The molecule has 0 unspecified atom stereocenters. The molecule has 0 aliphatic rings. The third kappa shape index (κ3) is 1.73. The molecule has 0 fully saturated rings. The molecule has 0 saturated heterocycles. The van der Waals surface area contributed by atoms with Gasteiger partial charge in [-0.25, -0.2) is 4.98 Å². The lowest BCUT2D eigenvalue weighted by molar-refractivity contribution is -0.385. The van der Waals surface area contributed by atoms with Crippen LogP contribution in [0.2, 0.25) is 0 Å². The largest absolute Gasteiger partial charge is 0.480 e. The summed E-state index contributed by atoms with van der Waals surface area (Å²) in [5.41, 5.74) is 0.130. The number of methoxy groups -OCH3 is 1. The van der Waals surface area contributed by atoms with E-state index in [2.05, 4.69) is 10.9 Å². The number of hydrogen-bond acceptors (Lipinski definition) is 4. The molecule has 0 N–H and O–H groups in total. The minimum Gasteiger partial charge on any atom is -0.480 e. The van der Waals surface area contributed by atoms with E-state index in [1.54, 1.807) is 0 Å². The summed E-state index contributed by atoms with van der Waals surface area (Å²) in [6.07, 6.45) is 6.20. The van der Waals surface area contributed by atoms with Crippen molar-refractivity contribution in [2.24, 2.45) is 0 Å². The molecule has 1 heterocycles. The van der Waals surface area contributed by atoms with Crippen molar-refractivity contribution in [2.75, 3.05) is 7.11 Å². The van der Waals surface area contributed by atoms with Crippen molar-refractivity contribution in [1.29, 1.82) is 0 Å². The number of hydrogen-bond donors (Lipinski definition) is 0. The molecule has 1 rings (SSSR count). The smallest absolute Gasteiger partial charge is 0.289 e. The van der Waals surface area contributed by atoms with Crippen LogP contribution in [-0.4, -0.2) is 17.0 Å². The summed E-state index contributed by atoms with van der Waals surface area (Å²) < 4.78 is 4.79. The minimum absolute atomic E-state index is 0.145. The van der Waals surface area contributed by atoms with Gasteiger partial charge in [-0.3, -0.25) is 10.1 Å². The van der Waals surface area contributed by atoms with E-state index in [4.69, 9.17) is 11.2 Å². The Balaban J connectivity index is 3.23. The highest BCUT2D eigenvalue weighted by atomic mass is 16.6. The molecule has 1 aromatic rings. The van der Waals surface area contributed by atoms with E-state index in [1.165, 1.54) is 13.2 Å². The molecule has 0 atom stereocenters. The van der Waals surface area contributed by atoms with Crippen LogP contribution in [0.15, 0.2) is 12.3 Å². The predicted molar refractivity (Wildman–Crippen MR) is 45.4 cm³/mol. The van der Waals surface area contributed by atoms with Crippen molar-refractivity contribution in [2.45, 2.75) is 0 Å². The molecule has 1 aromatic heterocycles. The standard InChI is InChI=1S/C8H6N2O3/c1-3-6-4-7(10(11)12)5-9-8(6)13-2/h1,4-5H,2H3. The number of nitro groups is 1. The molecule has 0 radical (unpaired) electrons. The number of aromatic nitrogens is 1. The zero-order valence-corrected chi connectivity index (χ0v) is 6.85. The van der Waals surface area contributed by atoms with Gasteiger partial charge < -0.3 is 4.74 Å². The molecule has 5 heteroatoms. The van der Waals surface area contributed by atoms with Crippen molar-refractivity contribution in [1.82, 2.24) is 4.98 Å². The number of nitrogens with zero attached hydrogens (tertiary/aromatic N) is 2. The van der Waals surface area contributed by atoms with Crippen LogP contribution in [0.25, 0.3) is 0 Å². The molecule has 0 aliphatic heterocycles. The van der Waals surface area contributed by atoms with Gasteiger partial charge in [-0.2, -0.15) is 0 Å². The third-order valence-electron chi connectivity index (χ3n) is 1.40. The second-order valence-corrected chi connectivity index (χ2v) is 2.15. The van der Waals surface area contributed by atoms with E-state index in [0.29, 0.717) is 0 Å². The average molecular weight is 178 g/mol. The first-order valence-electron chi connectivity index (χ1n) is 3.34. The van der Waals surface area contributed by atoms with Crippen LogP contribution in [-0.2, 0) is 0 Å². The van der Waals surface area contributed by atoms with Crippen molar-refractivity contribution >= 4 is 5.69 Å². The van der Waals surface area contributed by atoms with Crippen LogP contribution in [0.1, 0.15) is 5.56 Å². The SMILES string of the molecule is C#Cc1cc([N+](=O)[O-])cnc1OC. The van der Waals surface area contributed by atoms with E-state index in [1.807, 2.05) is 0 Å². The molecular weight excluding hydrogens is 172 g/mol. The summed E-state index contributed by atoms with van der Waals surface area (Å²) in [6.45, 7) is 0. The van der Waals surface area contributed by atoms with Gasteiger partial charge in [0, 0.05) is 6.07 Å². The summed E-state index contributed by atoms with van der Waals surface area (Å²) >= 11 is 0. The van der Waals surface area contributed by atoms with Crippen molar-refractivity contribution in [3.05, 3.63) is 27.9 Å². The quantitative estimate of drug-likeness (QED) is 0.384. The van der Waals surface area contributed by atoms with Crippen molar-refractivity contribution in [3.8, 4) is 18.2 Å². The van der Waals surface area contributed by atoms with Crippen LogP contribution < -0.4 is 4.74 Å². The maximum absolute atomic E-state index is 10.3. The number of terminal acetylenes is 1. The second kappa shape index (κ2) is 3.54. The van der Waals surface area contributed by atoms with Crippen LogP contribution in [0, 0.1) is 22.5 Å². The van der Waals surface area contributed by atoms with Gasteiger partial charge in [0.15, 0.2) is 0 Å². The highest BCUT2D eigenvalue weighted by molar-refractivity contribution is 5.46. The molecule has 0 saturated carbocycles. The Morgan fingerprint density at radius 3 is 2.92 bits per heavy atom. The Morgan fingerprint density at radius 2 is 2.46 bits per heavy atom. The van der Waals surface area contributed by atoms with E-state index in [-0.39, 0.29) is 17.1 Å². The predicted octanol–water partition coefficient (Wildman–Crippen LogP) is 0.980. The molecular formula is C8H6N2O3. The Morgan fingerprint density at radius 1 is 1.77 bits per heavy atom. The Labute approximate surface area is 74.5 Å². The zero-order valence-electron chi connectivity index (χ0n) is 6.85. The van der Waals surface area contributed by atoms with Crippen LogP contribution >= 0.6 is 0 Å². The topological polar surface area (TPSA) is 65.3 Å². The summed E-state index contributed by atoms with van der Waals surface area (Å²) in [5.74, 6) is 2.47. The van der Waals surface area contributed by atoms with Crippen molar-refractivity contribution < 1.29 is 9.66 Å². The van der Waals surface area contributed by atoms with Gasteiger partial charge >= 0.3 is 0 Å². The van der Waals surface area contributed by atoms with Gasteiger partial charge in [-0.1, -0.05) is 5.92 Å². The summed E-state index contributed by atoms with van der Waals surface area (Å²) in [4.78, 5) is 13.4. The van der Waals surface area contributed by atoms with Crippen molar-refractivity contribution in [3.63, 3.8) is 0 Å². The van der Waals surface area contributed by atoms with E-state index in [0.717, 1.165) is 6.20 Å². The number of pyridine rings is 1. The fourth-order valence-electron chi connectivity index (χ4n) is 0.807. The third-order valence-corrected chi connectivity index (χ3v) is 1.40. The maximum Gasteiger partial charge on any atom is 0.289 e. The number of ether oxygens (including phenoxy) is 1. The molecule has 0 aromatic carbocycles. The Kier molecular flexibility index (Phi) is 2.45. The van der Waals surface area contributed by atoms with Crippen LogP contribution in [0.4, 0.5) is 5.69 Å². The molecule has 66 valence electrons. The summed E-state index contributed by atoms with van der Waals surface area (Å²) in [6, 6.07) is 1.24. The first-order chi connectivity index (χ1) is 6.19. The van der Waals surface area contributed by atoms with Gasteiger partial charge in [-0.15, -0.1) is 6.42 Å². The number of rotatable bonds is 2. The fraction of sp³-hybridized carbons (Fsp3) is 0.125. The maximum atomic E-state index is 10.3. The Bertz CT molecular complexity index is 381. The molecule has 0 amide bonds. The lowest BCUT2D eigenvalue weighted by Crippen LogP contribution is -1.95. The first-order valence-corrected chi connectivity index (χ1v) is 3.34. The van der Waals surface area contributed by atoms with E-state index < -0.39 is 4.92 Å². The van der Waals surface area contributed by atoms with Crippen LogP contribution in [0.3, 0.4) is 0 Å². The lowest BCUT2D eigenvalue weighted by Gasteiger charge is -2.00. The van der Waals surface area contributed by atoms with Gasteiger partial charge in [0.1, 0.15) is 6.20 Å². The first kappa shape index (κ1) is 9.00. The monoisotopic (exact) mass is 178 g/mol. The normalized spacial score (nSPS) is 8.92. The van der Waals surface area contributed by atoms with Gasteiger partial charge in [0.05, 0.1) is 17.6 Å². The summed E-state index contributed by atoms with van der Waals surface area (Å²) in [5, 5.41) is 10.3. The zero-order chi connectivity index (χ0) is 9.84. The Hall–Kier alpha value is -2.09. The second-order valence-electron chi connectivity index (χ2n) is 2.15.